The Hall–Kier alpha value is -1.90. The number of aromatic amines is 1. The fraction of sp³-hybridized carbons (Fsp3) is 0.375. The molecule has 0 aliphatic rings. The van der Waals surface area contributed by atoms with E-state index in [1.54, 1.807) is 19.9 Å². The third kappa shape index (κ3) is 3.03. The number of anilines is 1. The predicted octanol–water partition coefficient (Wildman–Crippen LogP) is 0.351. The maximum atomic E-state index is 11.7. The van der Waals surface area contributed by atoms with E-state index in [1.807, 2.05) is 0 Å². The molecule has 0 atom stereocenters. The molecule has 17 heavy (non-hydrogen) atoms. The van der Waals surface area contributed by atoms with Gasteiger partial charge in [-0.25, -0.2) is 13.1 Å². The summed E-state index contributed by atoms with van der Waals surface area (Å²) in [6.45, 7) is 3.36. The second-order valence-electron chi connectivity index (χ2n) is 3.53. The molecule has 2 N–H and O–H groups in total. The smallest absolute Gasteiger partial charge is 0.255 e. The number of aryl methyl sites for hydroxylation is 2. The zero-order valence-corrected chi connectivity index (χ0v) is 10.1. The Morgan fingerprint density at radius 3 is 2.76 bits per heavy atom. The summed E-state index contributed by atoms with van der Waals surface area (Å²) in [5.41, 5.74) is 0.335. The standard InChI is InChI=1S/C8H11N5O3S/c1-5-3-7(12-16-5)4-17(14,15)13-8-9-6(2)10-11-8/h3H,4H2,1-2H3,(H2,9,10,11,13). The average molecular weight is 257 g/mol. The monoisotopic (exact) mass is 257 g/mol. The first kappa shape index (κ1) is 11.6. The van der Waals surface area contributed by atoms with Gasteiger partial charge in [-0.1, -0.05) is 5.16 Å². The van der Waals surface area contributed by atoms with Crippen LogP contribution in [0.2, 0.25) is 0 Å². The van der Waals surface area contributed by atoms with Crippen LogP contribution in [-0.2, 0) is 15.8 Å². The van der Waals surface area contributed by atoms with E-state index in [2.05, 4.69) is 25.1 Å². The van der Waals surface area contributed by atoms with E-state index in [1.165, 1.54) is 0 Å². The molecule has 0 fully saturated rings. The highest BCUT2D eigenvalue weighted by Gasteiger charge is 2.16. The highest BCUT2D eigenvalue weighted by Crippen LogP contribution is 2.09. The SMILES string of the molecule is Cc1nc(NS(=O)(=O)Cc2cc(C)on2)n[nH]1. The van der Waals surface area contributed by atoms with E-state index >= 15 is 0 Å². The molecular formula is C8H11N5O3S. The van der Waals surface area contributed by atoms with Crippen molar-refractivity contribution in [1.82, 2.24) is 20.3 Å². The molecule has 0 bridgehead atoms. The minimum Gasteiger partial charge on any atom is -0.361 e. The summed E-state index contributed by atoms with van der Waals surface area (Å²) in [6.07, 6.45) is 0. The summed E-state index contributed by atoms with van der Waals surface area (Å²) in [4.78, 5) is 3.84. The van der Waals surface area contributed by atoms with Crippen molar-refractivity contribution in [3.05, 3.63) is 23.3 Å². The fourth-order valence-corrected chi connectivity index (χ4v) is 2.21. The van der Waals surface area contributed by atoms with Crippen LogP contribution in [0, 0.1) is 13.8 Å². The molecule has 0 amide bonds. The van der Waals surface area contributed by atoms with Crippen LogP contribution in [0.3, 0.4) is 0 Å². The molecule has 8 nitrogen and oxygen atoms in total. The summed E-state index contributed by atoms with van der Waals surface area (Å²) in [5.74, 6) is 0.824. The van der Waals surface area contributed by atoms with Crippen molar-refractivity contribution in [3.63, 3.8) is 0 Å². The van der Waals surface area contributed by atoms with Crippen molar-refractivity contribution >= 4 is 16.0 Å². The van der Waals surface area contributed by atoms with Crippen LogP contribution in [0.1, 0.15) is 17.3 Å². The van der Waals surface area contributed by atoms with Gasteiger partial charge in [-0.3, -0.25) is 5.10 Å². The van der Waals surface area contributed by atoms with Crippen LogP contribution >= 0.6 is 0 Å². The van der Waals surface area contributed by atoms with Crippen molar-refractivity contribution < 1.29 is 12.9 Å². The van der Waals surface area contributed by atoms with Crippen LogP contribution in [0.25, 0.3) is 0 Å². The highest BCUT2D eigenvalue weighted by molar-refractivity contribution is 7.91. The topological polar surface area (TPSA) is 114 Å². The first-order valence-electron chi connectivity index (χ1n) is 4.76. The number of aromatic nitrogens is 4. The van der Waals surface area contributed by atoms with Gasteiger partial charge in [-0.2, -0.15) is 4.98 Å². The van der Waals surface area contributed by atoms with Crippen molar-refractivity contribution in [2.75, 3.05) is 4.72 Å². The minimum absolute atomic E-state index is 0.0164. The summed E-state index contributed by atoms with van der Waals surface area (Å²) in [7, 11) is -3.58. The molecule has 9 heteroatoms. The van der Waals surface area contributed by atoms with Crippen molar-refractivity contribution in [1.29, 1.82) is 0 Å². The Morgan fingerprint density at radius 1 is 1.47 bits per heavy atom. The molecule has 0 radical (unpaired) electrons. The predicted molar refractivity (Wildman–Crippen MR) is 58.6 cm³/mol. The lowest BCUT2D eigenvalue weighted by atomic mass is 10.4. The van der Waals surface area contributed by atoms with Gasteiger partial charge in [0.05, 0.1) is 0 Å². The van der Waals surface area contributed by atoms with Crippen LogP contribution < -0.4 is 4.72 Å². The molecule has 2 aromatic heterocycles. The third-order valence-corrected chi connectivity index (χ3v) is 3.03. The number of nitrogens with one attached hydrogen (secondary N) is 2. The zero-order valence-electron chi connectivity index (χ0n) is 9.26. The van der Waals surface area contributed by atoms with Crippen LogP contribution in [0.5, 0.6) is 0 Å². The van der Waals surface area contributed by atoms with Gasteiger partial charge in [0.25, 0.3) is 5.95 Å². The molecule has 0 aromatic carbocycles. The van der Waals surface area contributed by atoms with E-state index in [9.17, 15) is 8.42 Å². The molecule has 0 aliphatic carbocycles. The van der Waals surface area contributed by atoms with Crippen molar-refractivity contribution in [3.8, 4) is 0 Å². The van der Waals surface area contributed by atoms with Crippen LogP contribution in [-0.4, -0.2) is 28.8 Å². The first-order valence-corrected chi connectivity index (χ1v) is 6.41. The van der Waals surface area contributed by atoms with E-state index in [-0.39, 0.29) is 11.7 Å². The molecule has 2 aromatic rings. The highest BCUT2D eigenvalue weighted by atomic mass is 32.2. The van der Waals surface area contributed by atoms with Gasteiger partial charge in [-0.05, 0) is 13.8 Å². The average Bonchev–Trinajstić information content (AvgIpc) is 2.74. The number of sulfonamides is 1. The van der Waals surface area contributed by atoms with Gasteiger partial charge < -0.3 is 4.52 Å². The largest absolute Gasteiger partial charge is 0.361 e. The van der Waals surface area contributed by atoms with Crippen LogP contribution in [0.15, 0.2) is 10.6 Å². The lowest BCUT2D eigenvalue weighted by Gasteiger charge is -2.00. The quantitative estimate of drug-likeness (QED) is 0.817. The van der Waals surface area contributed by atoms with E-state index in [0.717, 1.165) is 0 Å². The van der Waals surface area contributed by atoms with Crippen LogP contribution in [0.4, 0.5) is 5.95 Å². The molecule has 0 aliphatic heterocycles. The number of hydrogen-bond donors (Lipinski definition) is 2. The molecule has 2 rings (SSSR count). The maximum Gasteiger partial charge on any atom is 0.255 e. The Bertz CT molecular complexity index is 566. The zero-order chi connectivity index (χ0) is 12.5. The molecule has 0 spiro atoms. The number of rotatable bonds is 4. The molecule has 92 valence electrons. The van der Waals surface area contributed by atoms with Gasteiger partial charge in [-0.15, -0.1) is 5.10 Å². The molecule has 0 unspecified atom stereocenters. The van der Waals surface area contributed by atoms with Crippen molar-refractivity contribution in [2.45, 2.75) is 19.6 Å². The van der Waals surface area contributed by atoms with E-state index < -0.39 is 10.0 Å². The van der Waals surface area contributed by atoms with E-state index in [0.29, 0.717) is 17.3 Å². The normalized spacial score (nSPS) is 11.6. The summed E-state index contributed by atoms with van der Waals surface area (Å²) < 4.78 is 30.4. The number of nitrogens with zero attached hydrogens (tertiary/aromatic N) is 3. The molecular weight excluding hydrogens is 246 g/mol. The summed E-state index contributed by atoms with van der Waals surface area (Å²) in [5, 5.41) is 9.82. The number of H-pyrrole nitrogens is 1. The minimum atomic E-state index is -3.58. The van der Waals surface area contributed by atoms with Gasteiger partial charge in [0.15, 0.2) is 0 Å². The molecule has 0 saturated heterocycles. The lowest BCUT2D eigenvalue weighted by molar-refractivity contribution is 0.392. The Kier molecular flexibility index (Phi) is 2.84. The van der Waals surface area contributed by atoms with Gasteiger partial charge >= 0.3 is 0 Å². The maximum absolute atomic E-state index is 11.7. The second kappa shape index (κ2) is 4.17. The Labute approximate surface area is 97.5 Å². The number of hydrogen-bond acceptors (Lipinski definition) is 6. The fourth-order valence-electron chi connectivity index (χ4n) is 1.24. The lowest BCUT2D eigenvalue weighted by Crippen LogP contribution is -2.16. The van der Waals surface area contributed by atoms with Gasteiger partial charge in [0.2, 0.25) is 10.0 Å². The van der Waals surface area contributed by atoms with E-state index in [4.69, 9.17) is 4.52 Å². The van der Waals surface area contributed by atoms with Gasteiger partial charge in [0.1, 0.15) is 23.0 Å². The second-order valence-corrected chi connectivity index (χ2v) is 5.26. The first-order chi connectivity index (χ1) is 7.94. The van der Waals surface area contributed by atoms with Gasteiger partial charge in [0, 0.05) is 6.07 Å². The molecule has 2 heterocycles. The third-order valence-electron chi connectivity index (χ3n) is 1.86. The van der Waals surface area contributed by atoms with Crippen molar-refractivity contribution in [2.24, 2.45) is 0 Å². The summed E-state index contributed by atoms with van der Waals surface area (Å²) >= 11 is 0. The Morgan fingerprint density at radius 2 is 2.24 bits per heavy atom. The molecule has 0 saturated carbocycles. The summed E-state index contributed by atoms with van der Waals surface area (Å²) in [6, 6.07) is 1.56. The Balaban J connectivity index is 2.09.